The molecule has 1 aliphatic heterocycles. The summed E-state index contributed by atoms with van der Waals surface area (Å²) in [4.78, 5) is 12.9. The van der Waals surface area contributed by atoms with Crippen LogP contribution >= 0.6 is 0 Å². The van der Waals surface area contributed by atoms with Gasteiger partial charge >= 0.3 is 0 Å². The summed E-state index contributed by atoms with van der Waals surface area (Å²) in [5, 5.41) is 12.4. The second-order valence-electron chi connectivity index (χ2n) is 7.07. The van der Waals surface area contributed by atoms with E-state index in [0.29, 0.717) is 35.8 Å². The fourth-order valence-electron chi connectivity index (χ4n) is 3.50. The Morgan fingerprint density at radius 2 is 1.77 bits per heavy atom. The number of hydrogen-bond donors (Lipinski definition) is 1. The average molecular weight is 414 g/mol. The Balaban J connectivity index is 1.71. The van der Waals surface area contributed by atoms with Crippen molar-refractivity contribution in [1.29, 1.82) is 5.26 Å². The highest BCUT2D eigenvalue weighted by molar-refractivity contribution is 6.06. The van der Waals surface area contributed by atoms with Crippen LogP contribution in [0.25, 0.3) is 11.1 Å². The first-order valence-electron chi connectivity index (χ1n) is 10.0. The van der Waals surface area contributed by atoms with Gasteiger partial charge in [-0.1, -0.05) is 24.3 Å². The highest BCUT2D eigenvalue weighted by Gasteiger charge is 2.22. The van der Waals surface area contributed by atoms with Crippen LogP contribution in [-0.2, 0) is 9.47 Å². The first-order chi connectivity index (χ1) is 15.2. The van der Waals surface area contributed by atoms with Gasteiger partial charge in [0.15, 0.2) is 6.29 Å². The molecule has 0 atom stereocenters. The molecule has 1 heterocycles. The zero-order valence-corrected chi connectivity index (χ0v) is 17.1. The third kappa shape index (κ3) is 4.58. The lowest BCUT2D eigenvalue weighted by Gasteiger charge is -2.26. The van der Waals surface area contributed by atoms with Crippen molar-refractivity contribution in [3.8, 4) is 22.9 Å². The number of methoxy groups -OCH3 is 1. The minimum absolute atomic E-state index is 0.253. The summed E-state index contributed by atoms with van der Waals surface area (Å²) in [6.45, 7) is 1.25. The minimum atomic E-state index is -0.485. The van der Waals surface area contributed by atoms with Gasteiger partial charge in [-0.15, -0.1) is 0 Å². The fourth-order valence-corrected chi connectivity index (χ4v) is 3.50. The standard InChI is InChI=1S/C25H22N2O4/c1-29-19-10-8-18(9-11-19)24(28)27-23-12-7-17(16-26)15-22(23)20-5-2-3-6-21(20)25-30-13-4-14-31-25/h2-3,5-12,15,25H,4,13-14H2,1H3,(H,27,28). The summed E-state index contributed by atoms with van der Waals surface area (Å²) in [6, 6.07) is 22.0. The van der Waals surface area contributed by atoms with Crippen LogP contribution in [0.5, 0.6) is 5.75 Å². The molecule has 156 valence electrons. The molecule has 0 bridgehead atoms. The maximum Gasteiger partial charge on any atom is 0.255 e. The molecular formula is C25H22N2O4. The highest BCUT2D eigenvalue weighted by Crippen LogP contribution is 2.37. The lowest BCUT2D eigenvalue weighted by Crippen LogP contribution is -2.18. The van der Waals surface area contributed by atoms with Crippen molar-refractivity contribution < 1.29 is 19.0 Å². The van der Waals surface area contributed by atoms with Gasteiger partial charge in [-0.05, 0) is 54.4 Å². The molecule has 0 aliphatic carbocycles. The largest absolute Gasteiger partial charge is 0.497 e. The van der Waals surface area contributed by atoms with Crippen LogP contribution in [0.15, 0.2) is 66.7 Å². The molecule has 0 spiro atoms. The number of carbonyl (C=O) groups excluding carboxylic acids is 1. The third-order valence-electron chi connectivity index (χ3n) is 5.08. The van der Waals surface area contributed by atoms with Crippen LogP contribution in [0.1, 0.15) is 34.2 Å². The molecule has 1 fully saturated rings. The van der Waals surface area contributed by atoms with Crippen molar-refractivity contribution in [2.24, 2.45) is 0 Å². The summed E-state index contributed by atoms with van der Waals surface area (Å²) in [5.74, 6) is 0.424. The van der Waals surface area contributed by atoms with Gasteiger partial charge in [0, 0.05) is 22.4 Å². The quantitative estimate of drug-likeness (QED) is 0.641. The maximum atomic E-state index is 12.9. The van der Waals surface area contributed by atoms with Crippen LogP contribution < -0.4 is 10.1 Å². The zero-order chi connectivity index (χ0) is 21.6. The number of nitrogens with one attached hydrogen (secondary N) is 1. The first-order valence-corrected chi connectivity index (χ1v) is 10.0. The van der Waals surface area contributed by atoms with E-state index in [1.54, 1.807) is 49.6 Å². The summed E-state index contributed by atoms with van der Waals surface area (Å²) < 4.78 is 16.8. The highest BCUT2D eigenvalue weighted by atomic mass is 16.7. The second-order valence-corrected chi connectivity index (χ2v) is 7.07. The monoisotopic (exact) mass is 414 g/mol. The van der Waals surface area contributed by atoms with E-state index in [1.165, 1.54) is 0 Å². The predicted octanol–water partition coefficient (Wildman–Crippen LogP) is 4.92. The molecule has 1 aliphatic rings. The zero-order valence-electron chi connectivity index (χ0n) is 17.1. The Bertz CT molecular complexity index is 1110. The first kappa shape index (κ1) is 20.6. The number of hydrogen-bond acceptors (Lipinski definition) is 5. The van der Waals surface area contributed by atoms with Crippen LogP contribution in [0.2, 0.25) is 0 Å². The van der Waals surface area contributed by atoms with Gasteiger partial charge in [0.05, 0.1) is 32.0 Å². The van der Waals surface area contributed by atoms with Crippen LogP contribution in [0, 0.1) is 11.3 Å². The Labute approximate surface area is 181 Å². The Kier molecular flexibility index (Phi) is 6.27. The molecule has 0 saturated carbocycles. The normalized spacial score (nSPS) is 13.9. The molecule has 1 amide bonds. The van der Waals surface area contributed by atoms with E-state index in [4.69, 9.17) is 14.2 Å². The molecule has 0 radical (unpaired) electrons. The van der Waals surface area contributed by atoms with Crippen LogP contribution in [0.4, 0.5) is 5.69 Å². The average Bonchev–Trinajstić information content (AvgIpc) is 2.85. The predicted molar refractivity (Wildman–Crippen MR) is 117 cm³/mol. The number of rotatable bonds is 5. The molecule has 31 heavy (non-hydrogen) atoms. The van der Waals surface area contributed by atoms with Gasteiger partial charge in [0.25, 0.3) is 5.91 Å². The molecular weight excluding hydrogens is 392 g/mol. The van der Waals surface area contributed by atoms with Crippen molar-refractivity contribution in [2.45, 2.75) is 12.7 Å². The number of nitriles is 1. The Morgan fingerprint density at radius 1 is 1.03 bits per heavy atom. The third-order valence-corrected chi connectivity index (χ3v) is 5.08. The van der Waals surface area contributed by atoms with E-state index in [9.17, 15) is 10.1 Å². The lowest BCUT2D eigenvalue weighted by molar-refractivity contribution is -0.182. The molecule has 3 aromatic rings. The maximum absolute atomic E-state index is 12.9. The number of carbonyl (C=O) groups is 1. The summed E-state index contributed by atoms with van der Waals surface area (Å²) in [7, 11) is 1.58. The number of ether oxygens (including phenoxy) is 3. The Morgan fingerprint density at radius 3 is 2.48 bits per heavy atom. The van der Waals surface area contributed by atoms with Crippen molar-refractivity contribution in [1.82, 2.24) is 0 Å². The summed E-state index contributed by atoms with van der Waals surface area (Å²) >= 11 is 0. The SMILES string of the molecule is COc1ccc(C(=O)Nc2ccc(C#N)cc2-c2ccccc2C2OCCCO2)cc1. The minimum Gasteiger partial charge on any atom is -0.497 e. The van der Waals surface area contributed by atoms with Gasteiger partial charge < -0.3 is 19.5 Å². The lowest BCUT2D eigenvalue weighted by atomic mass is 9.95. The van der Waals surface area contributed by atoms with Gasteiger partial charge in [0.2, 0.25) is 0 Å². The van der Waals surface area contributed by atoms with E-state index >= 15 is 0 Å². The molecule has 6 heteroatoms. The topological polar surface area (TPSA) is 80.6 Å². The smallest absolute Gasteiger partial charge is 0.255 e. The molecule has 1 saturated heterocycles. The van der Waals surface area contributed by atoms with Gasteiger partial charge in [-0.2, -0.15) is 5.26 Å². The number of nitrogens with zero attached hydrogens (tertiary/aromatic N) is 1. The van der Waals surface area contributed by atoms with Crippen molar-refractivity contribution >= 4 is 11.6 Å². The van der Waals surface area contributed by atoms with Gasteiger partial charge in [-0.3, -0.25) is 4.79 Å². The summed E-state index contributed by atoms with van der Waals surface area (Å²) in [6.07, 6.45) is 0.368. The molecule has 0 unspecified atom stereocenters. The Hall–Kier alpha value is -3.66. The molecule has 3 aromatic carbocycles. The number of anilines is 1. The van der Waals surface area contributed by atoms with Gasteiger partial charge in [-0.25, -0.2) is 0 Å². The summed E-state index contributed by atoms with van der Waals surface area (Å²) in [5.41, 5.74) is 4.03. The molecule has 1 N–H and O–H groups in total. The second kappa shape index (κ2) is 9.43. The molecule has 4 rings (SSSR count). The van der Waals surface area contributed by atoms with Crippen molar-refractivity contribution in [3.05, 3.63) is 83.4 Å². The van der Waals surface area contributed by atoms with E-state index in [1.807, 2.05) is 24.3 Å². The van der Waals surface area contributed by atoms with Gasteiger partial charge in [0.1, 0.15) is 5.75 Å². The van der Waals surface area contributed by atoms with E-state index in [0.717, 1.165) is 23.1 Å². The van der Waals surface area contributed by atoms with Crippen LogP contribution in [-0.4, -0.2) is 26.2 Å². The van der Waals surface area contributed by atoms with E-state index < -0.39 is 6.29 Å². The molecule has 0 aromatic heterocycles. The van der Waals surface area contributed by atoms with Crippen molar-refractivity contribution in [3.63, 3.8) is 0 Å². The number of benzene rings is 3. The van der Waals surface area contributed by atoms with E-state index in [2.05, 4.69) is 11.4 Å². The molecule has 6 nitrogen and oxygen atoms in total. The van der Waals surface area contributed by atoms with Crippen molar-refractivity contribution in [2.75, 3.05) is 25.6 Å². The fraction of sp³-hybridized carbons (Fsp3) is 0.200. The number of amides is 1. The van der Waals surface area contributed by atoms with Crippen LogP contribution in [0.3, 0.4) is 0 Å². The van der Waals surface area contributed by atoms with E-state index in [-0.39, 0.29) is 5.91 Å².